The molecule has 1 aliphatic carbocycles. The van der Waals surface area contributed by atoms with E-state index in [9.17, 15) is 13.2 Å². The molecular weight excluding hydrogens is 312 g/mol. The Hall–Kier alpha value is -1.27. The van der Waals surface area contributed by atoms with Crippen LogP contribution in [0.1, 0.15) is 17.9 Å². The highest BCUT2D eigenvalue weighted by Gasteiger charge is 2.40. The van der Waals surface area contributed by atoms with Crippen molar-refractivity contribution in [2.75, 3.05) is 24.6 Å². The zero-order valence-electron chi connectivity index (χ0n) is 11.5. The number of halogens is 1. The Kier molecular flexibility index (Phi) is 3.84. The molecule has 0 radical (unpaired) electrons. The summed E-state index contributed by atoms with van der Waals surface area (Å²) in [4.78, 5) is 13.7. The Morgan fingerprint density at radius 2 is 2.00 bits per heavy atom. The van der Waals surface area contributed by atoms with Crippen molar-refractivity contribution in [2.45, 2.75) is 18.4 Å². The number of benzene rings is 1. The maximum absolute atomic E-state index is 12.1. The van der Waals surface area contributed by atoms with Crippen molar-refractivity contribution in [1.82, 2.24) is 10.2 Å². The average Bonchev–Trinajstić information content (AvgIpc) is 3.17. The summed E-state index contributed by atoms with van der Waals surface area (Å²) in [6, 6.07) is 7.62. The van der Waals surface area contributed by atoms with Gasteiger partial charge in [-0.05, 0) is 24.1 Å². The fraction of sp³-hybridized carbons (Fsp3) is 0.500. The van der Waals surface area contributed by atoms with Crippen molar-refractivity contribution in [2.24, 2.45) is 0 Å². The summed E-state index contributed by atoms with van der Waals surface area (Å²) in [5.41, 5.74) is 1.13. The molecule has 0 unspecified atom stereocenters. The molecule has 1 aliphatic heterocycles. The standard InChI is InChI=1S/C14H17ClN2O3S/c15-11-3-1-2-10(8-11)12-9-13(12)16-14(18)17-4-6-21(19,20)7-5-17/h1-3,8,12-13H,4-7,9H2,(H,16,18)/t12-,13-/m1/s1. The molecule has 2 fully saturated rings. The smallest absolute Gasteiger partial charge is 0.317 e. The molecule has 2 amide bonds. The predicted molar refractivity (Wildman–Crippen MR) is 81.4 cm³/mol. The van der Waals surface area contributed by atoms with Crippen LogP contribution >= 0.6 is 11.6 Å². The first-order valence-electron chi connectivity index (χ1n) is 6.96. The van der Waals surface area contributed by atoms with E-state index in [1.54, 1.807) is 4.90 Å². The van der Waals surface area contributed by atoms with E-state index >= 15 is 0 Å². The number of amides is 2. The number of nitrogens with one attached hydrogen (secondary N) is 1. The summed E-state index contributed by atoms with van der Waals surface area (Å²) >= 11 is 5.97. The third-order valence-corrected chi connectivity index (χ3v) is 5.85. The van der Waals surface area contributed by atoms with Gasteiger partial charge in [-0.2, -0.15) is 0 Å². The summed E-state index contributed by atoms with van der Waals surface area (Å²) < 4.78 is 22.7. The summed E-state index contributed by atoms with van der Waals surface area (Å²) in [7, 11) is -2.96. The van der Waals surface area contributed by atoms with Crippen LogP contribution < -0.4 is 5.32 Å². The second-order valence-corrected chi connectivity index (χ2v) is 8.33. The average molecular weight is 329 g/mol. The Labute approximate surface area is 129 Å². The molecule has 0 spiro atoms. The van der Waals surface area contributed by atoms with Crippen LogP contribution in [0, 0.1) is 0 Å². The first-order valence-corrected chi connectivity index (χ1v) is 9.16. The van der Waals surface area contributed by atoms with Crippen LogP contribution in [0.5, 0.6) is 0 Å². The zero-order chi connectivity index (χ0) is 15.0. The molecule has 5 nitrogen and oxygen atoms in total. The third kappa shape index (κ3) is 3.49. The van der Waals surface area contributed by atoms with Crippen molar-refractivity contribution in [3.63, 3.8) is 0 Å². The van der Waals surface area contributed by atoms with Crippen molar-refractivity contribution in [1.29, 1.82) is 0 Å². The van der Waals surface area contributed by atoms with E-state index in [-0.39, 0.29) is 36.7 Å². The summed E-state index contributed by atoms with van der Waals surface area (Å²) in [5, 5.41) is 3.67. The van der Waals surface area contributed by atoms with E-state index in [1.807, 2.05) is 24.3 Å². The highest BCUT2D eigenvalue weighted by molar-refractivity contribution is 7.91. The predicted octanol–water partition coefficient (Wildman–Crippen LogP) is 1.64. The Balaban J connectivity index is 1.53. The van der Waals surface area contributed by atoms with Gasteiger partial charge in [0.1, 0.15) is 0 Å². The van der Waals surface area contributed by atoms with Gasteiger partial charge in [-0.3, -0.25) is 0 Å². The van der Waals surface area contributed by atoms with Gasteiger partial charge in [0, 0.05) is 30.1 Å². The van der Waals surface area contributed by atoms with E-state index in [2.05, 4.69) is 5.32 Å². The first-order chi connectivity index (χ1) is 9.94. The fourth-order valence-corrected chi connectivity index (χ4v) is 4.03. The van der Waals surface area contributed by atoms with Crippen molar-refractivity contribution in [3.05, 3.63) is 34.9 Å². The summed E-state index contributed by atoms with van der Waals surface area (Å²) in [5.74, 6) is 0.423. The largest absolute Gasteiger partial charge is 0.335 e. The maximum Gasteiger partial charge on any atom is 0.317 e. The van der Waals surface area contributed by atoms with Gasteiger partial charge in [0.15, 0.2) is 9.84 Å². The van der Waals surface area contributed by atoms with Crippen LogP contribution in [0.15, 0.2) is 24.3 Å². The fourth-order valence-electron chi connectivity index (χ4n) is 2.63. The third-order valence-electron chi connectivity index (χ3n) is 4.01. The molecule has 114 valence electrons. The van der Waals surface area contributed by atoms with E-state index in [0.717, 1.165) is 12.0 Å². The Morgan fingerprint density at radius 1 is 1.29 bits per heavy atom. The van der Waals surface area contributed by atoms with Gasteiger partial charge >= 0.3 is 6.03 Å². The molecule has 0 aromatic heterocycles. The lowest BCUT2D eigenvalue weighted by molar-refractivity contribution is 0.201. The SMILES string of the molecule is O=C(N[C@@H]1C[C@@H]1c1cccc(Cl)c1)N1CCS(=O)(=O)CC1. The maximum atomic E-state index is 12.1. The molecule has 1 heterocycles. The summed E-state index contributed by atoms with van der Waals surface area (Å²) in [6.45, 7) is 0.561. The number of hydrogen-bond donors (Lipinski definition) is 1. The van der Waals surface area contributed by atoms with Gasteiger partial charge < -0.3 is 10.2 Å². The number of hydrogen-bond acceptors (Lipinski definition) is 3. The van der Waals surface area contributed by atoms with Gasteiger partial charge in [-0.15, -0.1) is 0 Å². The highest BCUT2D eigenvalue weighted by Crippen LogP contribution is 2.41. The number of rotatable bonds is 2. The minimum absolute atomic E-state index is 0.0583. The molecule has 1 saturated carbocycles. The molecule has 1 saturated heterocycles. The lowest BCUT2D eigenvalue weighted by Crippen LogP contribution is -2.48. The lowest BCUT2D eigenvalue weighted by atomic mass is 10.1. The second kappa shape index (κ2) is 5.50. The monoisotopic (exact) mass is 328 g/mol. The van der Waals surface area contributed by atoms with Gasteiger partial charge in [-0.25, -0.2) is 13.2 Å². The molecule has 7 heteroatoms. The number of carbonyl (C=O) groups excluding carboxylic acids is 1. The molecule has 21 heavy (non-hydrogen) atoms. The topological polar surface area (TPSA) is 66.5 Å². The van der Waals surface area contributed by atoms with Crippen molar-refractivity contribution in [3.8, 4) is 0 Å². The van der Waals surface area contributed by atoms with E-state index in [4.69, 9.17) is 11.6 Å². The normalized spacial score (nSPS) is 27.2. The van der Waals surface area contributed by atoms with E-state index in [0.29, 0.717) is 10.9 Å². The zero-order valence-corrected chi connectivity index (χ0v) is 13.0. The molecule has 2 aliphatic rings. The molecule has 0 bridgehead atoms. The van der Waals surface area contributed by atoms with Gasteiger partial charge in [0.05, 0.1) is 11.5 Å². The minimum atomic E-state index is -2.96. The molecule has 1 N–H and O–H groups in total. The number of carbonyl (C=O) groups is 1. The Bertz CT molecular complexity index is 648. The van der Waals surface area contributed by atoms with E-state index < -0.39 is 9.84 Å². The number of nitrogens with zero attached hydrogens (tertiary/aromatic N) is 1. The first kappa shape index (κ1) is 14.7. The van der Waals surface area contributed by atoms with Crippen molar-refractivity contribution >= 4 is 27.5 Å². The van der Waals surface area contributed by atoms with E-state index in [1.165, 1.54) is 0 Å². The molecular formula is C14H17ClN2O3S. The van der Waals surface area contributed by atoms with Crippen LogP contribution in [0.25, 0.3) is 0 Å². The molecule has 2 atom stereocenters. The lowest BCUT2D eigenvalue weighted by Gasteiger charge is -2.26. The van der Waals surface area contributed by atoms with Crippen molar-refractivity contribution < 1.29 is 13.2 Å². The number of urea groups is 1. The Morgan fingerprint density at radius 3 is 2.67 bits per heavy atom. The van der Waals surface area contributed by atoms with Crippen LogP contribution in [0.4, 0.5) is 4.79 Å². The van der Waals surface area contributed by atoms with Crippen LogP contribution in [-0.4, -0.2) is 50.0 Å². The second-order valence-electron chi connectivity index (χ2n) is 5.59. The highest BCUT2D eigenvalue weighted by atomic mass is 35.5. The van der Waals surface area contributed by atoms with Crippen LogP contribution in [-0.2, 0) is 9.84 Å². The molecule has 3 rings (SSSR count). The molecule has 1 aromatic carbocycles. The van der Waals surface area contributed by atoms with Gasteiger partial charge in [0.25, 0.3) is 0 Å². The minimum Gasteiger partial charge on any atom is -0.335 e. The van der Waals surface area contributed by atoms with Crippen LogP contribution in [0.3, 0.4) is 0 Å². The quantitative estimate of drug-likeness (QED) is 0.897. The van der Waals surface area contributed by atoms with Crippen LogP contribution in [0.2, 0.25) is 5.02 Å². The van der Waals surface area contributed by atoms with Gasteiger partial charge in [0.2, 0.25) is 0 Å². The number of sulfone groups is 1. The van der Waals surface area contributed by atoms with Gasteiger partial charge in [-0.1, -0.05) is 23.7 Å². The summed E-state index contributed by atoms with van der Waals surface area (Å²) in [6.07, 6.45) is 0.901. The molecule has 1 aromatic rings.